The van der Waals surface area contributed by atoms with E-state index in [0.29, 0.717) is 17.7 Å². The van der Waals surface area contributed by atoms with Crippen molar-refractivity contribution >= 4 is 18.2 Å². The fourth-order valence-electron chi connectivity index (χ4n) is 4.71. The third-order valence-corrected chi connectivity index (χ3v) is 5.41. The van der Waals surface area contributed by atoms with Crippen LogP contribution in [0.1, 0.15) is 36.8 Å². The number of ketones is 1. The summed E-state index contributed by atoms with van der Waals surface area (Å²) in [5, 5.41) is 3.69. The molecule has 1 aromatic rings. The minimum absolute atomic E-state index is 0. The summed E-state index contributed by atoms with van der Waals surface area (Å²) in [6, 6.07) is 9.42. The molecule has 5 heteroatoms. The number of benzene rings is 1. The predicted molar refractivity (Wildman–Crippen MR) is 85.1 cm³/mol. The van der Waals surface area contributed by atoms with Crippen LogP contribution in [-0.4, -0.2) is 29.3 Å². The first-order chi connectivity index (χ1) is 8.79. The first-order valence-corrected chi connectivity index (χ1v) is 7.13. The average Bonchev–Trinajstić information content (AvgIpc) is 2.38. The van der Waals surface area contributed by atoms with Crippen molar-refractivity contribution in [2.75, 3.05) is 6.54 Å². The Labute approximate surface area is 131 Å². The van der Waals surface area contributed by atoms with Gasteiger partial charge in [-0.3, -0.25) is 4.79 Å². The fraction of sp³-hybridized carbons (Fsp3) is 0.562. The molecular weight excluding hydrogens is 290 g/mol. The molecule has 1 saturated heterocycles. The molecule has 1 aliphatic heterocycles. The van der Waals surface area contributed by atoms with Gasteiger partial charge in [-0.1, -0.05) is 24.3 Å². The molecule has 1 aromatic carbocycles. The number of nitrogens with one attached hydrogen (secondary N) is 1. The van der Waals surface area contributed by atoms with Crippen molar-refractivity contribution in [1.29, 1.82) is 0 Å². The Hall–Kier alpha value is -0.940. The summed E-state index contributed by atoms with van der Waals surface area (Å²) in [7, 11) is 0. The van der Waals surface area contributed by atoms with E-state index in [9.17, 15) is 4.79 Å². The molecule has 0 amide bonds. The number of fused-ring (bicyclic) bond motifs is 1. The molecule has 118 valence electrons. The molecule has 0 spiro atoms. The van der Waals surface area contributed by atoms with Gasteiger partial charge in [0.1, 0.15) is 5.78 Å². The highest BCUT2D eigenvalue weighted by molar-refractivity contribution is 5.85. The average molecular weight is 314 g/mol. The molecule has 0 aromatic heterocycles. The number of hydrogen-bond acceptors (Lipinski definition) is 2. The molecule has 5 N–H and O–H groups in total. The van der Waals surface area contributed by atoms with E-state index < -0.39 is 0 Å². The highest BCUT2D eigenvalue weighted by atomic mass is 35.5. The van der Waals surface area contributed by atoms with Crippen molar-refractivity contribution in [2.24, 2.45) is 5.92 Å². The fourth-order valence-corrected chi connectivity index (χ4v) is 4.71. The maximum Gasteiger partial charge on any atom is 0.133 e. The van der Waals surface area contributed by atoms with E-state index in [1.807, 2.05) is 0 Å². The van der Waals surface area contributed by atoms with Gasteiger partial charge in [-0.05, 0) is 42.9 Å². The molecule has 1 heterocycles. The highest BCUT2D eigenvalue weighted by Crippen LogP contribution is 2.52. The van der Waals surface area contributed by atoms with Crippen LogP contribution >= 0.6 is 12.4 Å². The van der Waals surface area contributed by atoms with Gasteiger partial charge in [0.15, 0.2) is 0 Å². The van der Waals surface area contributed by atoms with E-state index in [-0.39, 0.29) is 28.8 Å². The summed E-state index contributed by atoms with van der Waals surface area (Å²) >= 11 is 0. The van der Waals surface area contributed by atoms with Crippen molar-refractivity contribution < 1.29 is 15.7 Å². The lowest BCUT2D eigenvalue weighted by Gasteiger charge is -2.55. The molecule has 4 nitrogen and oxygen atoms in total. The number of rotatable bonds is 0. The number of carbonyl (C=O) groups excluding carboxylic acids is 1. The third-order valence-electron chi connectivity index (χ3n) is 5.41. The van der Waals surface area contributed by atoms with Gasteiger partial charge in [-0.25, -0.2) is 0 Å². The van der Waals surface area contributed by atoms with Crippen molar-refractivity contribution in [1.82, 2.24) is 5.32 Å². The first kappa shape index (κ1) is 18.1. The summed E-state index contributed by atoms with van der Waals surface area (Å²) in [5.74, 6) is 1.16. The number of hydrogen-bond donors (Lipinski definition) is 1. The lowest BCUT2D eigenvalue weighted by Crippen LogP contribution is -2.60. The van der Waals surface area contributed by atoms with Crippen LogP contribution in [0.4, 0.5) is 0 Å². The van der Waals surface area contributed by atoms with Crippen LogP contribution in [0.2, 0.25) is 0 Å². The van der Waals surface area contributed by atoms with Crippen LogP contribution < -0.4 is 5.32 Å². The minimum Gasteiger partial charge on any atom is -0.412 e. The highest BCUT2D eigenvalue weighted by Gasteiger charge is 2.53. The zero-order chi connectivity index (χ0) is 12.2. The molecule has 4 rings (SSSR count). The van der Waals surface area contributed by atoms with Gasteiger partial charge >= 0.3 is 0 Å². The van der Waals surface area contributed by atoms with Crippen LogP contribution in [0, 0.1) is 5.92 Å². The second-order valence-corrected chi connectivity index (χ2v) is 6.19. The quantitative estimate of drug-likeness (QED) is 0.773. The monoisotopic (exact) mass is 313 g/mol. The zero-order valence-electron chi connectivity index (χ0n) is 12.0. The molecule has 21 heavy (non-hydrogen) atoms. The number of Topliss-reactive ketones (excluding diaryl/α,β-unsaturated/α-hetero) is 1. The molecule has 0 radical (unpaired) electrons. The van der Waals surface area contributed by atoms with Gasteiger partial charge in [-0.15, -0.1) is 12.4 Å². The SMILES string of the molecule is Cl.O.O.O=C1CC[C@H]2[C@H]3Cc4ccccc4[C@@]2(CCN3)C1. The molecule has 3 atom stereocenters. The molecule has 2 fully saturated rings. The van der Waals surface area contributed by atoms with Crippen LogP contribution in [-0.2, 0) is 16.6 Å². The molecule has 2 bridgehead atoms. The molecule has 0 unspecified atom stereocenters. The van der Waals surface area contributed by atoms with Crippen LogP contribution in [0.15, 0.2) is 24.3 Å². The lowest BCUT2D eigenvalue weighted by molar-refractivity contribution is -0.125. The van der Waals surface area contributed by atoms with E-state index in [2.05, 4.69) is 29.6 Å². The second kappa shape index (κ2) is 6.44. The molecule has 3 aliphatic rings. The Kier molecular flexibility index (Phi) is 5.56. The number of piperidine rings is 1. The van der Waals surface area contributed by atoms with E-state index in [1.54, 1.807) is 0 Å². The molecular formula is C16H24ClNO3. The maximum absolute atomic E-state index is 12.0. The van der Waals surface area contributed by atoms with Gasteiger partial charge in [0, 0.05) is 24.3 Å². The van der Waals surface area contributed by atoms with Crippen LogP contribution in [0.3, 0.4) is 0 Å². The Morgan fingerprint density at radius 3 is 2.76 bits per heavy atom. The number of carbonyl (C=O) groups is 1. The Balaban J connectivity index is 0.000000735. The van der Waals surface area contributed by atoms with Crippen molar-refractivity contribution in [3.63, 3.8) is 0 Å². The smallest absolute Gasteiger partial charge is 0.133 e. The van der Waals surface area contributed by atoms with E-state index in [0.717, 1.165) is 38.6 Å². The lowest BCUT2D eigenvalue weighted by atomic mass is 9.52. The maximum atomic E-state index is 12.0. The van der Waals surface area contributed by atoms with Gasteiger partial charge in [0.25, 0.3) is 0 Å². The van der Waals surface area contributed by atoms with Gasteiger partial charge in [-0.2, -0.15) is 0 Å². The summed E-state index contributed by atoms with van der Waals surface area (Å²) in [6.45, 7) is 1.07. The van der Waals surface area contributed by atoms with Gasteiger partial charge in [0.2, 0.25) is 0 Å². The third kappa shape index (κ3) is 2.50. The number of halogens is 1. The van der Waals surface area contributed by atoms with Crippen molar-refractivity contribution in [3.05, 3.63) is 35.4 Å². The van der Waals surface area contributed by atoms with Crippen LogP contribution in [0.25, 0.3) is 0 Å². The van der Waals surface area contributed by atoms with Crippen molar-refractivity contribution in [3.8, 4) is 0 Å². The normalized spacial score (nSPS) is 32.5. The predicted octanol–water partition coefficient (Wildman–Crippen LogP) is 0.984. The van der Waals surface area contributed by atoms with E-state index in [1.165, 1.54) is 11.1 Å². The van der Waals surface area contributed by atoms with Gasteiger partial charge in [0.05, 0.1) is 0 Å². The van der Waals surface area contributed by atoms with Crippen molar-refractivity contribution in [2.45, 2.75) is 43.6 Å². The molecule has 1 saturated carbocycles. The van der Waals surface area contributed by atoms with E-state index in [4.69, 9.17) is 0 Å². The summed E-state index contributed by atoms with van der Waals surface area (Å²) in [4.78, 5) is 12.0. The topological polar surface area (TPSA) is 92.1 Å². The second-order valence-electron chi connectivity index (χ2n) is 6.19. The standard InChI is InChI=1S/C16H19NO.ClH.2H2O/c18-12-5-6-14-15-9-11-3-1-2-4-13(11)16(14,10-12)7-8-17-15;;;/h1-4,14-15,17H,5-10H2;1H;2*1H2/t14-,15+,16+;;;/m0.../s1. The Bertz CT molecular complexity index is 522. The Morgan fingerprint density at radius 1 is 1.19 bits per heavy atom. The minimum atomic E-state index is 0. The summed E-state index contributed by atoms with van der Waals surface area (Å²) < 4.78 is 0. The van der Waals surface area contributed by atoms with Crippen LogP contribution in [0.5, 0.6) is 0 Å². The Morgan fingerprint density at radius 2 is 1.95 bits per heavy atom. The van der Waals surface area contributed by atoms with E-state index >= 15 is 0 Å². The summed E-state index contributed by atoms with van der Waals surface area (Å²) in [6.07, 6.45) is 4.96. The molecule has 2 aliphatic carbocycles. The first-order valence-electron chi connectivity index (χ1n) is 7.13. The van der Waals surface area contributed by atoms with Gasteiger partial charge < -0.3 is 16.3 Å². The zero-order valence-corrected chi connectivity index (χ0v) is 12.8. The largest absolute Gasteiger partial charge is 0.412 e. The summed E-state index contributed by atoms with van der Waals surface area (Å²) in [5.41, 5.74) is 3.13.